The number of rotatable bonds is 6. The van der Waals surface area contributed by atoms with Gasteiger partial charge in [-0.05, 0) is 61.5 Å². The highest BCUT2D eigenvalue weighted by molar-refractivity contribution is 7.80. The van der Waals surface area contributed by atoms with Crippen LogP contribution in [-0.4, -0.2) is 24.7 Å². The van der Waals surface area contributed by atoms with Gasteiger partial charge in [0.25, 0.3) is 0 Å². The molecule has 0 bridgehead atoms. The van der Waals surface area contributed by atoms with Crippen molar-refractivity contribution in [3.8, 4) is 0 Å². The molecule has 2 heterocycles. The third-order valence-corrected chi connectivity index (χ3v) is 6.61. The van der Waals surface area contributed by atoms with E-state index in [-0.39, 0.29) is 0 Å². The lowest BCUT2D eigenvalue weighted by atomic mass is 10.2. The molecule has 4 rings (SSSR count). The molecular weight excluding hydrogens is 534 g/mol. The van der Waals surface area contributed by atoms with Gasteiger partial charge in [0.05, 0.1) is 40.2 Å². The quantitative estimate of drug-likeness (QED) is 0.247. The minimum Gasteiger partial charge on any atom is -0.329 e. The van der Waals surface area contributed by atoms with Crippen molar-refractivity contribution >= 4 is 75.2 Å². The number of nitrogens with zero attached hydrogens (tertiary/aromatic N) is 4. The molecule has 176 valence electrons. The van der Waals surface area contributed by atoms with Crippen molar-refractivity contribution in [2.75, 3.05) is 10.6 Å². The molecule has 0 aliphatic carbocycles. The Hall–Kier alpha value is -2.29. The van der Waals surface area contributed by atoms with E-state index in [9.17, 15) is 0 Å². The van der Waals surface area contributed by atoms with Crippen molar-refractivity contribution in [2.45, 2.75) is 26.9 Å². The van der Waals surface area contributed by atoms with Gasteiger partial charge in [-0.15, -0.1) is 0 Å². The SMILES string of the molecule is Cc1nn(Cc2ccc(Cl)c(Cl)c2)c(C)c1NC(=S)Nc1nn(Cc2ccc(Cl)cc2)cc1Cl. The zero-order valence-corrected chi connectivity index (χ0v) is 22.1. The lowest BCUT2D eigenvalue weighted by Crippen LogP contribution is -2.20. The normalized spacial score (nSPS) is 11.0. The first kappa shape index (κ1) is 24.8. The van der Waals surface area contributed by atoms with E-state index in [1.807, 2.05) is 54.9 Å². The Labute approximate surface area is 222 Å². The van der Waals surface area contributed by atoms with Gasteiger partial charge >= 0.3 is 0 Å². The van der Waals surface area contributed by atoms with E-state index in [4.69, 9.17) is 58.6 Å². The van der Waals surface area contributed by atoms with Crippen LogP contribution >= 0.6 is 58.6 Å². The standard InChI is InChI=1S/C23H20Cl4N6S/c1-13-21(14(2)33(30-13)11-16-5-8-18(25)19(26)9-16)28-23(34)29-22-20(27)12-32(31-22)10-15-3-6-17(24)7-4-15/h3-9,12H,10-11H2,1-2H3,(H2,28,29,31,34). The Morgan fingerprint density at radius 2 is 1.56 bits per heavy atom. The summed E-state index contributed by atoms with van der Waals surface area (Å²) in [6.07, 6.45) is 1.74. The molecule has 0 saturated heterocycles. The highest BCUT2D eigenvalue weighted by Crippen LogP contribution is 2.26. The highest BCUT2D eigenvalue weighted by Gasteiger charge is 2.15. The first-order valence-electron chi connectivity index (χ1n) is 10.2. The molecule has 2 aromatic carbocycles. The molecule has 0 spiro atoms. The maximum atomic E-state index is 6.37. The van der Waals surface area contributed by atoms with Crippen LogP contribution in [0.15, 0.2) is 48.7 Å². The number of nitrogens with one attached hydrogen (secondary N) is 2. The van der Waals surface area contributed by atoms with Crippen LogP contribution in [-0.2, 0) is 13.1 Å². The maximum Gasteiger partial charge on any atom is 0.176 e. The number of aromatic nitrogens is 4. The van der Waals surface area contributed by atoms with Gasteiger partial charge in [-0.25, -0.2) is 0 Å². The zero-order valence-electron chi connectivity index (χ0n) is 18.2. The van der Waals surface area contributed by atoms with Gasteiger partial charge in [-0.1, -0.05) is 64.6 Å². The van der Waals surface area contributed by atoms with Gasteiger partial charge in [-0.3, -0.25) is 9.36 Å². The predicted molar refractivity (Wildman–Crippen MR) is 145 cm³/mol. The Bertz CT molecular complexity index is 1350. The van der Waals surface area contributed by atoms with E-state index in [0.717, 1.165) is 28.2 Å². The Balaban J connectivity index is 1.43. The van der Waals surface area contributed by atoms with Crippen molar-refractivity contribution in [3.63, 3.8) is 0 Å². The van der Waals surface area contributed by atoms with Crippen molar-refractivity contribution in [1.82, 2.24) is 19.6 Å². The van der Waals surface area contributed by atoms with Gasteiger partial charge in [-0.2, -0.15) is 10.2 Å². The first-order valence-corrected chi connectivity index (χ1v) is 12.1. The summed E-state index contributed by atoms with van der Waals surface area (Å²) in [5.41, 5.74) is 4.59. The Kier molecular flexibility index (Phi) is 7.70. The van der Waals surface area contributed by atoms with Crippen LogP contribution in [0.2, 0.25) is 20.1 Å². The minimum absolute atomic E-state index is 0.360. The third kappa shape index (κ3) is 5.85. The van der Waals surface area contributed by atoms with Gasteiger partial charge in [0.2, 0.25) is 0 Å². The lowest BCUT2D eigenvalue weighted by molar-refractivity contribution is 0.659. The maximum absolute atomic E-state index is 6.37. The molecule has 0 radical (unpaired) electrons. The zero-order chi connectivity index (χ0) is 24.4. The number of hydrogen-bond donors (Lipinski definition) is 2. The molecule has 0 aliphatic heterocycles. The lowest BCUT2D eigenvalue weighted by Gasteiger charge is -2.10. The summed E-state index contributed by atoms with van der Waals surface area (Å²) < 4.78 is 3.62. The summed E-state index contributed by atoms with van der Waals surface area (Å²) in [5.74, 6) is 0.464. The molecular formula is C23H20Cl4N6S. The molecule has 0 atom stereocenters. The van der Waals surface area contributed by atoms with Crippen molar-refractivity contribution in [1.29, 1.82) is 0 Å². The average Bonchev–Trinajstić information content (AvgIpc) is 3.25. The van der Waals surface area contributed by atoms with Crippen LogP contribution in [0.25, 0.3) is 0 Å². The van der Waals surface area contributed by atoms with Crippen LogP contribution in [0, 0.1) is 13.8 Å². The fourth-order valence-electron chi connectivity index (χ4n) is 3.43. The van der Waals surface area contributed by atoms with Crippen molar-refractivity contribution in [3.05, 3.63) is 91.3 Å². The summed E-state index contributed by atoms with van der Waals surface area (Å²) in [7, 11) is 0. The number of anilines is 2. The van der Waals surface area contributed by atoms with Gasteiger partial charge in [0.15, 0.2) is 10.9 Å². The molecule has 0 amide bonds. The van der Waals surface area contributed by atoms with Crippen LogP contribution < -0.4 is 10.6 Å². The Morgan fingerprint density at radius 3 is 2.26 bits per heavy atom. The molecule has 6 nitrogen and oxygen atoms in total. The minimum atomic E-state index is 0.360. The molecule has 34 heavy (non-hydrogen) atoms. The van der Waals surface area contributed by atoms with Gasteiger partial charge < -0.3 is 10.6 Å². The Morgan fingerprint density at radius 1 is 0.853 bits per heavy atom. The summed E-state index contributed by atoms with van der Waals surface area (Å²) in [6.45, 7) is 4.98. The molecule has 0 saturated carbocycles. The summed E-state index contributed by atoms with van der Waals surface area (Å²) in [6, 6.07) is 13.1. The fraction of sp³-hybridized carbons (Fsp3) is 0.174. The fourth-order valence-corrected chi connectivity index (χ4v) is 4.28. The van der Waals surface area contributed by atoms with E-state index in [1.165, 1.54) is 0 Å². The second kappa shape index (κ2) is 10.5. The van der Waals surface area contributed by atoms with Crippen LogP contribution in [0.1, 0.15) is 22.5 Å². The molecule has 2 aromatic heterocycles. The number of thiocarbonyl (C=S) groups is 1. The largest absolute Gasteiger partial charge is 0.329 e. The monoisotopic (exact) mass is 552 g/mol. The van der Waals surface area contributed by atoms with Gasteiger partial charge in [0, 0.05) is 11.2 Å². The summed E-state index contributed by atoms with van der Waals surface area (Å²) in [4.78, 5) is 0. The van der Waals surface area contributed by atoms with E-state index < -0.39 is 0 Å². The van der Waals surface area contributed by atoms with E-state index in [0.29, 0.717) is 44.1 Å². The first-order chi connectivity index (χ1) is 16.2. The number of benzene rings is 2. The smallest absolute Gasteiger partial charge is 0.176 e. The second-order valence-corrected chi connectivity index (χ2v) is 9.75. The number of aryl methyl sites for hydroxylation is 1. The molecule has 2 N–H and O–H groups in total. The van der Waals surface area contributed by atoms with Gasteiger partial charge in [0.1, 0.15) is 5.02 Å². The highest BCUT2D eigenvalue weighted by atomic mass is 35.5. The number of hydrogen-bond acceptors (Lipinski definition) is 3. The molecule has 0 aliphatic rings. The molecule has 0 unspecified atom stereocenters. The second-order valence-electron chi connectivity index (χ2n) is 7.68. The number of halogens is 4. The molecule has 4 aromatic rings. The van der Waals surface area contributed by atoms with E-state index in [1.54, 1.807) is 16.9 Å². The summed E-state index contributed by atoms with van der Waals surface area (Å²) in [5, 5.41) is 17.9. The van der Waals surface area contributed by atoms with Crippen molar-refractivity contribution < 1.29 is 0 Å². The van der Waals surface area contributed by atoms with Crippen LogP contribution in [0.4, 0.5) is 11.5 Å². The third-order valence-electron chi connectivity index (χ3n) is 5.14. The van der Waals surface area contributed by atoms with E-state index >= 15 is 0 Å². The molecule has 11 heteroatoms. The average molecular weight is 554 g/mol. The summed E-state index contributed by atoms with van der Waals surface area (Å²) >= 11 is 30.0. The van der Waals surface area contributed by atoms with Crippen molar-refractivity contribution in [2.24, 2.45) is 0 Å². The van der Waals surface area contributed by atoms with Crippen LogP contribution in [0.3, 0.4) is 0 Å². The van der Waals surface area contributed by atoms with E-state index in [2.05, 4.69) is 20.8 Å². The molecule has 0 fully saturated rings. The van der Waals surface area contributed by atoms with Crippen LogP contribution in [0.5, 0.6) is 0 Å². The topological polar surface area (TPSA) is 59.7 Å². The predicted octanol–water partition coefficient (Wildman–Crippen LogP) is 7.22.